The average Bonchev–Trinajstić information content (AvgIpc) is 3.06. The molecule has 4 nitrogen and oxygen atoms in total. The van der Waals surface area contributed by atoms with Crippen LogP contribution in [0.4, 0.5) is 0 Å². The van der Waals surface area contributed by atoms with E-state index in [4.69, 9.17) is 23.2 Å². The van der Waals surface area contributed by atoms with Crippen LogP contribution in [0.25, 0.3) is 21.5 Å². The van der Waals surface area contributed by atoms with Gasteiger partial charge in [-0.05, 0) is 31.0 Å². The summed E-state index contributed by atoms with van der Waals surface area (Å²) in [6, 6.07) is 15.4. The molecular weight excluding hydrogens is 401 g/mol. The highest BCUT2D eigenvalue weighted by Crippen LogP contribution is 2.33. The van der Waals surface area contributed by atoms with Crippen molar-refractivity contribution >= 4 is 44.8 Å². The van der Waals surface area contributed by atoms with Gasteiger partial charge < -0.3 is 0 Å². The van der Waals surface area contributed by atoms with E-state index in [-0.39, 0.29) is 5.56 Å². The van der Waals surface area contributed by atoms with Gasteiger partial charge in [0.1, 0.15) is 5.69 Å². The average molecular weight is 416 g/mol. The first-order chi connectivity index (χ1) is 13.0. The first-order valence-electron chi connectivity index (χ1n) is 8.40. The van der Waals surface area contributed by atoms with Crippen molar-refractivity contribution in [3.63, 3.8) is 0 Å². The van der Waals surface area contributed by atoms with E-state index in [0.29, 0.717) is 34.2 Å². The molecule has 7 heteroatoms. The van der Waals surface area contributed by atoms with Crippen LogP contribution in [-0.2, 0) is 13.0 Å². The highest BCUT2D eigenvalue weighted by Gasteiger charge is 2.17. The molecule has 0 saturated heterocycles. The molecule has 0 unspecified atom stereocenters. The Morgan fingerprint density at radius 2 is 1.85 bits per heavy atom. The van der Waals surface area contributed by atoms with Crippen LogP contribution in [0, 0.1) is 6.92 Å². The maximum atomic E-state index is 12.9. The molecule has 0 atom stereocenters. The van der Waals surface area contributed by atoms with Crippen molar-refractivity contribution in [2.45, 2.75) is 19.9 Å². The number of aryl methyl sites for hydroxylation is 3. The monoisotopic (exact) mass is 415 g/mol. The quantitative estimate of drug-likeness (QED) is 0.449. The molecule has 0 N–H and O–H groups in total. The van der Waals surface area contributed by atoms with Crippen LogP contribution in [0.1, 0.15) is 10.6 Å². The molecule has 4 rings (SSSR count). The number of thiazole rings is 1. The molecule has 2 aromatic heterocycles. The summed E-state index contributed by atoms with van der Waals surface area (Å²) in [5.41, 5.74) is 2.93. The Bertz CT molecular complexity index is 1190. The van der Waals surface area contributed by atoms with Crippen molar-refractivity contribution in [1.82, 2.24) is 14.8 Å². The van der Waals surface area contributed by atoms with Crippen LogP contribution in [0.5, 0.6) is 0 Å². The van der Waals surface area contributed by atoms with Gasteiger partial charge in [0.2, 0.25) is 0 Å². The van der Waals surface area contributed by atoms with E-state index in [1.54, 1.807) is 12.1 Å². The van der Waals surface area contributed by atoms with Crippen LogP contribution in [0.15, 0.2) is 53.3 Å². The summed E-state index contributed by atoms with van der Waals surface area (Å²) >= 11 is 13.7. The molecule has 0 amide bonds. The van der Waals surface area contributed by atoms with E-state index in [1.807, 2.05) is 43.3 Å². The number of nitrogens with zero attached hydrogens (tertiary/aromatic N) is 3. The fourth-order valence-corrected chi connectivity index (χ4v) is 4.15. The number of halogens is 2. The van der Waals surface area contributed by atoms with Crippen LogP contribution in [0.2, 0.25) is 10.0 Å². The van der Waals surface area contributed by atoms with Gasteiger partial charge >= 0.3 is 0 Å². The third kappa shape index (κ3) is 3.63. The Morgan fingerprint density at radius 1 is 1.07 bits per heavy atom. The van der Waals surface area contributed by atoms with Gasteiger partial charge in [0.25, 0.3) is 5.56 Å². The number of hydrogen-bond donors (Lipinski definition) is 0. The Hall–Kier alpha value is -2.21. The Labute approximate surface area is 170 Å². The van der Waals surface area contributed by atoms with E-state index < -0.39 is 0 Å². The van der Waals surface area contributed by atoms with Gasteiger partial charge in [-0.3, -0.25) is 4.79 Å². The molecule has 2 heterocycles. The standard InChI is InChI=1S/C20H15Cl2N3OS/c1-12-23-18-19(27-12)17(14-7-8-15(21)16(22)11-14)24-25(20(18)26)10-9-13-5-3-2-4-6-13/h2-8,11H,9-10H2,1H3. The highest BCUT2D eigenvalue weighted by atomic mass is 35.5. The van der Waals surface area contributed by atoms with Gasteiger partial charge in [-0.1, -0.05) is 59.6 Å². The van der Waals surface area contributed by atoms with Gasteiger partial charge in [-0.2, -0.15) is 5.10 Å². The third-order valence-electron chi connectivity index (χ3n) is 4.26. The van der Waals surface area contributed by atoms with Crippen molar-refractivity contribution in [1.29, 1.82) is 0 Å². The lowest BCUT2D eigenvalue weighted by Gasteiger charge is -2.09. The molecular formula is C20H15Cl2N3OS. The third-order valence-corrected chi connectivity index (χ3v) is 5.97. The van der Waals surface area contributed by atoms with Gasteiger partial charge in [-0.25, -0.2) is 9.67 Å². The molecule has 4 aromatic rings. The van der Waals surface area contributed by atoms with E-state index in [2.05, 4.69) is 10.1 Å². The van der Waals surface area contributed by atoms with Crippen LogP contribution in [-0.4, -0.2) is 14.8 Å². The lowest BCUT2D eigenvalue weighted by Crippen LogP contribution is -2.24. The summed E-state index contributed by atoms with van der Waals surface area (Å²) in [4.78, 5) is 17.3. The van der Waals surface area contributed by atoms with Gasteiger partial charge in [-0.15, -0.1) is 11.3 Å². The number of aromatic nitrogens is 3. The van der Waals surface area contributed by atoms with Crippen molar-refractivity contribution in [2.75, 3.05) is 0 Å². The number of rotatable bonds is 4. The predicted molar refractivity (Wildman–Crippen MR) is 112 cm³/mol. The zero-order valence-electron chi connectivity index (χ0n) is 14.4. The predicted octanol–water partition coefficient (Wildman–Crippen LogP) is 5.38. The van der Waals surface area contributed by atoms with Gasteiger partial charge in [0.15, 0.2) is 5.52 Å². The molecule has 0 aliphatic heterocycles. The minimum absolute atomic E-state index is 0.172. The maximum Gasteiger partial charge on any atom is 0.294 e. The maximum absolute atomic E-state index is 12.9. The smallest absolute Gasteiger partial charge is 0.265 e. The fraction of sp³-hybridized carbons (Fsp3) is 0.150. The largest absolute Gasteiger partial charge is 0.294 e. The summed E-state index contributed by atoms with van der Waals surface area (Å²) in [6.45, 7) is 2.36. The Balaban J connectivity index is 1.83. The van der Waals surface area contributed by atoms with Crippen LogP contribution in [0.3, 0.4) is 0 Å². The number of fused-ring (bicyclic) bond motifs is 1. The molecule has 0 aliphatic carbocycles. The molecule has 0 spiro atoms. The van der Waals surface area contributed by atoms with Crippen LogP contribution < -0.4 is 5.56 Å². The second-order valence-electron chi connectivity index (χ2n) is 6.15. The van der Waals surface area contributed by atoms with Gasteiger partial charge in [0.05, 0.1) is 19.8 Å². The van der Waals surface area contributed by atoms with Crippen molar-refractivity contribution < 1.29 is 0 Å². The fourth-order valence-electron chi connectivity index (χ4n) is 2.93. The van der Waals surface area contributed by atoms with Crippen LogP contribution >= 0.6 is 34.5 Å². The summed E-state index contributed by atoms with van der Waals surface area (Å²) < 4.78 is 2.26. The molecule has 0 bridgehead atoms. The molecule has 0 saturated carbocycles. The highest BCUT2D eigenvalue weighted by molar-refractivity contribution is 7.19. The SMILES string of the molecule is Cc1nc2c(=O)n(CCc3ccccc3)nc(-c3ccc(Cl)c(Cl)c3)c2s1. The van der Waals surface area contributed by atoms with E-state index in [1.165, 1.54) is 16.0 Å². The minimum Gasteiger partial charge on any atom is -0.265 e. The first-order valence-corrected chi connectivity index (χ1v) is 9.98. The Morgan fingerprint density at radius 3 is 2.59 bits per heavy atom. The molecule has 0 aliphatic rings. The molecule has 0 radical (unpaired) electrons. The lowest BCUT2D eigenvalue weighted by molar-refractivity contribution is 0.586. The molecule has 136 valence electrons. The number of benzene rings is 2. The molecule has 0 fully saturated rings. The molecule has 27 heavy (non-hydrogen) atoms. The minimum atomic E-state index is -0.172. The van der Waals surface area contributed by atoms with E-state index in [0.717, 1.165) is 20.8 Å². The summed E-state index contributed by atoms with van der Waals surface area (Å²) in [5, 5.41) is 6.40. The zero-order valence-corrected chi connectivity index (χ0v) is 16.8. The number of hydrogen-bond acceptors (Lipinski definition) is 4. The second kappa shape index (κ2) is 7.43. The first kappa shape index (κ1) is 18.2. The van der Waals surface area contributed by atoms with Gasteiger partial charge in [0, 0.05) is 12.1 Å². The normalized spacial score (nSPS) is 11.2. The Kier molecular flexibility index (Phi) is 5.00. The summed E-state index contributed by atoms with van der Waals surface area (Å²) in [6.07, 6.45) is 0.711. The topological polar surface area (TPSA) is 47.8 Å². The summed E-state index contributed by atoms with van der Waals surface area (Å²) in [7, 11) is 0. The van der Waals surface area contributed by atoms with Crippen molar-refractivity contribution in [3.8, 4) is 11.3 Å². The summed E-state index contributed by atoms with van der Waals surface area (Å²) in [5.74, 6) is 0. The van der Waals surface area contributed by atoms with Crippen molar-refractivity contribution in [3.05, 3.63) is 79.5 Å². The van der Waals surface area contributed by atoms with Crippen molar-refractivity contribution in [2.24, 2.45) is 0 Å². The molecule has 2 aromatic carbocycles. The second-order valence-corrected chi connectivity index (χ2v) is 8.17. The zero-order chi connectivity index (χ0) is 19.0. The van der Waals surface area contributed by atoms with E-state index >= 15 is 0 Å². The lowest BCUT2D eigenvalue weighted by atomic mass is 10.1. The van der Waals surface area contributed by atoms with E-state index in [9.17, 15) is 4.79 Å².